The Kier molecular flexibility index (Phi) is 0.836. The molecule has 8 heavy (non-hydrogen) atoms. The van der Waals surface area contributed by atoms with Crippen LogP contribution in [0.5, 0.6) is 0 Å². The molecule has 0 bridgehead atoms. The number of carboxylic acid groups (broad SMARTS) is 1. The Labute approximate surface area is 45.9 Å². The number of aliphatic carboxylic acids is 1. The molecule has 1 aliphatic heterocycles. The summed E-state index contributed by atoms with van der Waals surface area (Å²) in [6, 6.07) is 0. The maximum atomic E-state index is 9.96. The van der Waals surface area contributed by atoms with Gasteiger partial charge in [0.15, 0.2) is 5.76 Å². The molecule has 0 radical (unpaired) electrons. The Morgan fingerprint density at radius 2 is 2.38 bits per heavy atom. The molecule has 0 fully saturated rings. The number of rotatable bonds is 2. The molecular formula is C5H4O3. The molecule has 1 aliphatic rings. The molecule has 3 nitrogen and oxygen atoms in total. The monoisotopic (exact) mass is 112 g/mol. The smallest absolute Gasteiger partial charge is 0.339 e. The minimum atomic E-state index is -1.03. The molecule has 0 atom stereocenters. The molecule has 1 heterocycles. The molecule has 0 aromatic heterocycles. The van der Waals surface area contributed by atoms with E-state index in [1.165, 1.54) is 6.26 Å². The number of carbonyl (C=O) groups is 1. The van der Waals surface area contributed by atoms with Crippen molar-refractivity contribution in [2.24, 2.45) is 0 Å². The maximum Gasteiger partial charge on any atom is 0.339 e. The summed E-state index contributed by atoms with van der Waals surface area (Å²) < 4.78 is 4.44. The summed E-state index contributed by atoms with van der Waals surface area (Å²) in [5, 5.41) is 8.17. The zero-order valence-electron chi connectivity index (χ0n) is 4.05. The van der Waals surface area contributed by atoms with Gasteiger partial charge in [-0.05, 0) is 0 Å². The molecule has 3 heteroatoms. The third-order valence-corrected chi connectivity index (χ3v) is 0.791. The predicted octanol–water partition coefficient (Wildman–Crippen LogP) is 0.499. The van der Waals surface area contributed by atoms with Gasteiger partial charge in [-0.3, -0.25) is 0 Å². The van der Waals surface area contributed by atoms with Crippen molar-refractivity contribution in [3.63, 3.8) is 0 Å². The Hall–Kier alpha value is -1.25. The number of ether oxygens (including phenoxy) is 1. The first-order valence-corrected chi connectivity index (χ1v) is 2.01. The highest BCUT2D eigenvalue weighted by atomic mass is 16.5. The lowest BCUT2D eigenvalue weighted by Crippen LogP contribution is -1.96. The van der Waals surface area contributed by atoms with Gasteiger partial charge in [-0.2, -0.15) is 0 Å². The lowest BCUT2D eigenvalue weighted by molar-refractivity contribution is -0.132. The third-order valence-electron chi connectivity index (χ3n) is 0.791. The molecule has 0 amide bonds. The fraction of sp³-hybridized carbons (Fsp3) is 0. The zero-order valence-corrected chi connectivity index (χ0v) is 4.05. The van der Waals surface area contributed by atoms with Crippen LogP contribution in [0.2, 0.25) is 0 Å². The largest absolute Gasteiger partial charge is 0.478 e. The highest BCUT2D eigenvalue weighted by Gasteiger charge is 2.19. The van der Waals surface area contributed by atoms with Crippen LogP contribution in [0.15, 0.2) is 24.2 Å². The second-order valence-electron chi connectivity index (χ2n) is 1.38. The van der Waals surface area contributed by atoms with Gasteiger partial charge < -0.3 is 9.84 Å². The molecule has 0 saturated heterocycles. The van der Waals surface area contributed by atoms with Crippen LogP contribution >= 0.6 is 0 Å². The van der Waals surface area contributed by atoms with Crippen molar-refractivity contribution in [3.8, 4) is 0 Å². The molecule has 1 rings (SSSR count). The van der Waals surface area contributed by atoms with Crippen molar-refractivity contribution in [2.45, 2.75) is 0 Å². The fourth-order valence-electron chi connectivity index (χ4n) is 0.277. The molecule has 0 aromatic rings. The van der Waals surface area contributed by atoms with Crippen LogP contribution in [0.1, 0.15) is 0 Å². The minimum Gasteiger partial charge on any atom is -0.478 e. The van der Waals surface area contributed by atoms with Crippen LogP contribution in [0.25, 0.3) is 0 Å². The van der Waals surface area contributed by atoms with E-state index in [9.17, 15) is 4.79 Å². The molecule has 0 aliphatic carbocycles. The Morgan fingerprint density at radius 1 is 1.88 bits per heavy atom. The highest BCUT2D eigenvalue weighted by molar-refractivity contribution is 5.91. The predicted molar refractivity (Wildman–Crippen MR) is 25.9 cm³/mol. The summed E-state index contributed by atoms with van der Waals surface area (Å²) in [6.45, 7) is 3.22. The Bertz CT molecular complexity index is 174. The quantitative estimate of drug-likeness (QED) is 0.529. The normalized spacial score (nSPS) is 13.8. The van der Waals surface area contributed by atoms with Crippen molar-refractivity contribution >= 4 is 5.97 Å². The van der Waals surface area contributed by atoms with Gasteiger partial charge in [-0.25, -0.2) is 4.79 Å². The van der Waals surface area contributed by atoms with Crippen molar-refractivity contribution in [3.05, 3.63) is 24.2 Å². The first-order chi connectivity index (χ1) is 3.72. The summed E-state index contributed by atoms with van der Waals surface area (Å²) >= 11 is 0. The Balaban J connectivity index is 2.58. The van der Waals surface area contributed by atoms with Crippen molar-refractivity contribution in [2.75, 3.05) is 0 Å². The van der Waals surface area contributed by atoms with Crippen LogP contribution in [-0.2, 0) is 9.53 Å². The average molecular weight is 112 g/mol. The van der Waals surface area contributed by atoms with E-state index in [0.29, 0.717) is 5.76 Å². The van der Waals surface area contributed by atoms with E-state index in [-0.39, 0.29) is 5.57 Å². The molecule has 0 aromatic carbocycles. The van der Waals surface area contributed by atoms with Gasteiger partial charge >= 0.3 is 5.97 Å². The SMILES string of the molecule is C=C(C(=O)O)C1=CO1. The zero-order chi connectivity index (χ0) is 6.15. The van der Waals surface area contributed by atoms with Crippen molar-refractivity contribution in [1.29, 1.82) is 0 Å². The van der Waals surface area contributed by atoms with Crippen molar-refractivity contribution < 1.29 is 14.6 Å². The average Bonchev–Trinajstić information content (AvgIpc) is 2.43. The lowest BCUT2D eigenvalue weighted by Gasteiger charge is -1.84. The molecular weight excluding hydrogens is 108 g/mol. The highest BCUT2D eigenvalue weighted by Crippen LogP contribution is 2.21. The van der Waals surface area contributed by atoms with Crippen LogP contribution in [0.4, 0.5) is 0 Å². The van der Waals surface area contributed by atoms with E-state index in [0.717, 1.165) is 0 Å². The van der Waals surface area contributed by atoms with Gasteiger partial charge in [0.05, 0.1) is 5.57 Å². The summed E-state index contributed by atoms with van der Waals surface area (Å²) in [7, 11) is 0. The fourth-order valence-corrected chi connectivity index (χ4v) is 0.277. The molecule has 1 N–H and O–H groups in total. The van der Waals surface area contributed by atoms with Crippen LogP contribution < -0.4 is 0 Å². The standard InChI is InChI=1S/C5H4O3/c1-3(5(6)7)4-2-8-4/h2H,1H2,(H,6,7). The molecule has 0 saturated carbocycles. The van der Waals surface area contributed by atoms with E-state index < -0.39 is 5.97 Å². The van der Waals surface area contributed by atoms with Crippen LogP contribution in [0, 0.1) is 0 Å². The van der Waals surface area contributed by atoms with Crippen molar-refractivity contribution in [1.82, 2.24) is 0 Å². The van der Waals surface area contributed by atoms with Gasteiger partial charge in [-0.15, -0.1) is 0 Å². The summed E-state index contributed by atoms with van der Waals surface area (Å²) in [5.41, 5.74) is 0.0185. The molecule has 42 valence electrons. The Morgan fingerprint density at radius 3 is 2.50 bits per heavy atom. The topological polar surface area (TPSA) is 49.8 Å². The number of hydrogen-bond donors (Lipinski definition) is 1. The second kappa shape index (κ2) is 1.36. The number of carboxylic acids is 1. The minimum absolute atomic E-state index is 0.0185. The van der Waals surface area contributed by atoms with E-state index >= 15 is 0 Å². The van der Waals surface area contributed by atoms with E-state index in [1.54, 1.807) is 0 Å². The van der Waals surface area contributed by atoms with Crippen LogP contribution in [-0.4, -0.2) is 11.1 Å². The maximum absolute atomic E-state index is 9.96. The first kappa shape index (κ1) is 4.90. The molecule has 0 spiro atoms. The summed E-state index contributed by atoms with van der Waals surface area (Å²) in [4.78, 5) is 9.96. The van der Waals surface area contributed by atoms with Gasteiger partial charge in [0.1, 0.15) is 6.26 Å². The van der Waals surface area contributed by atoms with Gasteiger partial charge in [0.25, 0.3) is 0 Å². The van der Waals surface area contributed by atoms with E-state index in [1.807, 2.05) is 0 Å². The number of hydrogen-bond acceptors (Lipinski definition) is 2. The molecule has 0 unspecified atom stereocenters. The second-order valence-corrected chi connectivity index (χ2v) is 1.38. The van der Waals surface area contributed by atoms with Gasteiger partial charge in [-0.1, -0.05) is 6.58 Å². The van der Waals surface area contributed by atoms with Crippen LogP contribution in [0.3, 0.4) is 0 Å². The summed E-state index contributed by atoms with van der Waals surface area (Å²) in [6.07, 6.45) is 1.34. The van der Waals surface area contributed by atoms with Gasteiger partial charge in [0, 0.05) is 0 Å². The third kappa shape index (κ3) is 0.703. The lowest BCUT2D eigenvalue weighted by atomic mass is 10.3. The van der Waals surface area contributed by atoms with E-state index in [4.69, 9.17) is 5.11 Å². The van der Waals surface area contributed by atoms with Gasteiger partial charge in [0.2, 0.25) is 0 Å². The first-order valence-electron chi connectivity index (χ1n) is 2.01. The summed E-state index contributed by atoms with van der Waals surface area (Å²) in [5.74, 6) is -0.661. The van der Waals surface area contributed by atoms with E-state index in [2.05, 4.69) is 11.3 Å².